The number of rotatable bonds is 33. The molecule has 1 aliphatic rings. The molecule has 3 unspecified atom stereocenters. The number of ether oxygens (including phenoxy) is 2. The Bertz CT molecular complexity index is 630. The van der Waals surface area contributed by atoms with Crippen LogP contribution in [0.4, 0.5) is 0 Å². The fourth-order valence-corrected chi connectivity index (χ4v) is 6.48. The third-order valence-corrected chi connectivity index (χ3v) is 9.41. The first-order valence-electron chi connectivity index (χ1n) is 19.9. The molecule has 0 aliphatic carbocycles. The average molecular weight is 618 g/mol. The molecule has 3 nitrogen and oxygen atoms in total. The van der Waals surface area contributed by atoms with E-state index in [1.807, 2.05) is 0 Å². The van der Waals surface area contributed by atoms with Crippen LogP contribution in [0.2, 0.25) is 0 Å². The molecule has 0 amide bonds. The largest absolute Gasteiger partial charge is 0.347 e. The lowest BCUT2D eigenvalue weighted by Crippen LogP contribution is -2.22. The molecule has 44 heavy (non-hydrogen) atoms. The number of unbranched alkanes of at least 4 members (excludes halogenated alkanes) is 22. The van der Waals surface area contributed by atoms with Crippen LogP contribution in [-0.4, -0.2) is 44.0 Å². The van der Waals surface area contributed by atoms with Crippen LogP contribution in [0.5, 0.6) is 0 Å². The second-order valence-electron chi connectivity index (χ2n) is 14.1. The van der Waals surface area contributed by atoms with Crippen LogP contribution in [0.1, 0.15) is 200 Å². The Morgan fingerprint density at radius 3 is 1.23 bits per heavy atom. The molecule has 1 rings (SSSR count). The Hall–Kier alpha value is -0.640. The smallest absolute Gasteiger partial charge is 0.159 e. The monoisotopic (exact) mass is 618 g/mol. The summed E-state index contributed by atoms with van der Waals surface area (Å²) in [6.45, 7) is 5.61. The lowest BCUT2D eigenvalue weighted by molar-refractivity contribution is -0.0743. The summed E-state index contributed by atoms with van der Waals surface area (Å²) in [5, 5.41) is 0. The van der Waals surface area contributed by atoms with Crippen molar-refractivity contribution >= 4 is 0 Å². The Kier molecular flexibility index (Phi) is 30.4. The lowest BCUT2D eigenvalue weighted by Gasteiger charge is -2.16. The Labute approximate surface area is 277 Å². The molecule has 0 spiro atoms. The third-order valence-electron chi connectivity index (χ3n) is 9.41. The molecule has 1 heterocycles. The zero-order chi connectivity index (χ0) is 31.8. The zero-order valence-electron chi connectivity index (χ0n) is 30.5. The fourth-order valence-electron chi connectivity index (χ4n) is 6.48. The van der Waals surface area contributed by atoms with Gasteiger partial charge >= 0.3 is 0 Å². The fraction of sp³-hybridized carbons (Fsp3) is 0.902. The minimum atomic E-state index is 0.00159. The van der Waals surface area contributed by atoms with Crippen LogP contribution < -0.4 is 0 Å². The second-order valence-corrected chi connectivity index (χ2v) is 14.1. The van der Waals surface area contributed by atoms with Crippen LogP contribution in [0.3, 0.4) is 0 Å². The average Bonchev–Trinajstić information content (AvgIpc) is 3.41. The zero-order valence-corrected chi connectivity index (χ0v) is 30.5. The van der Waals surface area contributed by atoms with Crippen LogP contribution in [0.25, 0.3) is 0 Å². The van der Waals surface area contributed by atoms with Gasteiger partial charge in [0.25, 0.3) is 0 Å². The van der Waals surface area contributed by atoms with Gasteiger partial charge < -0.3 is 14.4 Å². The Morgan fingerprint density at radius 1 is 0.432 bits per heavy atom. The third kappa shape index (κ3) is 26.6. The molecule has 0 saturated carbocycles. The number of allylic oxidation sites excluding steroid dienone is 4. The van der Waals surface area contributed by atoms with Gasteiger partial charge in [0, 0.05) is 13.0 Å². The summed E-state index contributed by atoms with van der Waals surface area (Å²) < 4.78 is 12.9. The van der Waals surface area contributed by atoms with Gasteiger partial charge in [-0.3, -0.25) is 0 Å². The standard InChI is InChI=1S/C41H79NO2/c1-5-7-9-11-13-15-17-19-21-23-25-27-29-31-33-35-39-40(44-41(43-39)37-38-42(3)4)36-34-32-30-28-26-24-22-20-18-16-14-12-10-8-6-2/h13,15,19,21,39-41H,5-12,14,16-18,20,22-38H2,1-4H3/b15-13+,21-19+. The van der Waals surface area contributed by atoms with E-state index in [2.05, 4.69) is 57.1 Å². The highest BCUT2D eigenvalue weighted by Crippen LogP contribution is 2.29. The summed E-state index contributed by atoms with van der Waals surface area (Å²) in [5.74, 6) is 0. The van der Waals surface area contributed by atoms with Crippen molar-refractivity contribution in [1.29, 1.82) is 0 Å². The maximum absolute atomic E-state index is 6.46. The molecule has 3 atom stereocenters. The van der Waals surface area contributed by atoms with E-state index in [4.69, 9.17) is 9.47 Å². The Balaban J connectivity index is 2.08. The van der Waals surface area contributed by atoms with E-state index in [1.54, 1.807) is 0 Å². The van der Waals surface area contributed by atoms with Crippen molar-refractivity contribution in [1.82, 2.24) is 4.90 Å². The predicted molar refractivity (Wildman–Crippen MR) is 196 cm³/mol. The van der Waals surface area contributed by atoms with Crippen LogP contribution in [-0.2, 0) is 9.47 Å². The highest BCUT2D eigenvalue weighted by atomic mass is 16.7. The topological polar surface area (TPSA) is 21.7 Å². The van der Waals surface area contributed by atoms with E-state index in [0.29, 0.717) is 12.2 Å². The van der Waals surface area contributed by atoms with E-state index in [9.17, 15) is 0 Å². The first-order valence-corrected chi connectivity index (χ1v) is 19.9. The minimum Gasteiger partial charge on any atom is -0.347 e. The van der Waals surface area contributed by atoms with Crippen LogP contribution in [0, 0.1) is 0 Å². The van der Waals surface area contributed by atoms with Gasteiger partial charge in [0.2, 0.25) is 0 Å². The summed E-state index contributed by atoms with van der Waals surface area (Å²) in [4.78, 5) is 2.24. The summed E-state index contributed by atoms with van der Waals surface area (Å²) in [6, 6.07) is 0. The summed E-state index contributed by atoms with van der Waals surface area (Å²) in [5.41, 5.74) is 0. The van der Waals surface area contributed by atoms with Crippen molar-refractivity contribution in [3.63, 3.8) is 0 Å². The molecule has 260 valence electrons. The molecule has 0 aromatic rings. The summed E-state index contributed by atoms with van der Waals surface area (Å²) in [6.07, 6.45) is 49.0. The van der Waals surface area contributed by atoms with Crippen LogP contribution in [0.15, 0.2) is 24.3 Å². The van der Waals surface area contributed by atoms with Gasteiger partial charge in [-0.05, 0) is 59.0 Å². The highest BCUT2D eigenvalue weighted by Gasteiger charge is 2.34. The van der Waals surface area contributed by atoms with Crippen molar-refractivity contribution in [3.05, 3.63) is 24.3 Å². The maximum atomic E-state index is 6.46. The molecular formula is C41H79NO2. The van der Waals surface area contributed by atoms with Gasteiger partial charge in [0.05, 0.1) is 12.2 Å². The van der Waals surface area contributed by atoms with E-state index in [1.165, 1.54) is 173 Å². The summed E-state index contributed by atoms with van der Waals surface area (Å²) in [7, 11) is 4.28. The molecule has 0 bridgehead atoms. The van der Waals surface area contributed by atoms with Gasteiger partial charge in [-0.1, -0.05) is 173 Å². The number of nitrogens with zero attached hydrogens (tertiary/aromatic N) is 1. The van der Waals surface area contributed by atoms with E-state index >= 15 is 0 Å². The maximum Gasteiger partial charge on any atom is 0.159 e. The molecule has 0 aromatic carbocycles. The minimum absolute atomic E-state index is 0.00159. The van der Waals surface area contributed by atoms with Gasteiger partial charge in [-0.15, -0.1) is 0 Å². The molecule has 0 aromatic heterocycles. The predicted octanol–water partition coefficient (Wildman–Crippen LogP) is 13.1. The van der Waals surface area contributed by atoms with Gasteiger partial charge in [0.1, 0.15) is 0 Å². The number of hydrogen-bond donors (Lipinski definition) is 0. The Morgan fingerprint density at radius 2 is 0.795 bits per heavy atom. The molecule has 3 heteroatoms. The highest BCUT2D eigenvalue weighted by molar-refractivity contribution is 4.92. The molecule has 1 fully saturated rings. The first-order chi connectivity index (χ1) is 21.7. The molecule has 0 N–H and O–H groups in total. The van der Waals surface area contributed by atoms with E-state index in [0.717, 1.165) is 19.4 Å². The van der Waals surface area contributed by atoms with Crippen molar-refractivity contribution in [3.8, 4) is 0 Å². The van der Waals surface area contributed by atoms with Gasteiger partial charge in [0.15, 0.2) is 6.29 Å². The van der Waals surface area contributed by atoms with Crippen molar-refractivity contribution in [2.75, 3.05) is 20.6 Å². The first kappa shape index (κ1) is 41.4. The van der Waals surface area contributed by atoms with Crippen molar-refractivity contribution in [2.24, 2.45) is 0 Å². The van der Waals surface area contributed by atoms with Crippen LogP contribution >= 0.6 is 0 Å². The molecule has 1 aliphatic heterocycles. The van der Waals surface area contributed by atoms with E-state index < -0.39 is 0 Å². The van der Waals surface area contributed by atoms with Crippen molar-refractivity contribution < 1.29 is 9.47 Å². The molecule has 0 radical (unpaired) electrons. The lowest BCUT2D eigenvalue weighted by atomic mass is 9.99. The quantitative estimate of drug-likeness (QED) is 0.0540. The summed E-state index contributed by atoms with van der Waals surface area (Å²) >= 11 is 0. The van der Waals surface area contributed by atoms with Crippen molar-refractivity contribution in [2.45, 2.75) is 219 Å². The molecular weight excluding hydrogens is 538 g/mol. The van der Waals surface area contributed by atoms with E-state index in [-0.39, 0.29) is 6.29 Å². The second kappa shape index (κ2) is 32.3. The SMILES string of the molecule is CCCCC/C=C/C/C=C/CCCCCCCC1OC(CCN(C)C)OC1CCCCCCCCCCCCCCCCC. The normalized spacial score (nSPS) is 19.0. The van der Waals surface area contributed by atoms with Gasteiger partial charge in [-0.25, -0.2) is 0 Å². The van der Waals surface area contributed by atoms with Gasteiger partial charge in [-0.2, -0.15) is 0 Å². The molecule has 1 saturated heterocycles. The number of hydrogen-bond acceptors (Lipinski definition) is 3.